The standard InChI is InChI=1S/C39H47N5O3/c1-26-31(10-9-11-32(26)41-35(45)28-16-18-30(19-17-28)38(2,3)4)34-25-42(8)37(47)33(40-34)24-27-12-14-29(15-13-27)36(46)43-20-22-44(23-21-43)39(5,6)7/h9-19,25H,20-24H2,1-8H3,(H,41,45). The highest BCUT2D eigenvalue weighted by Crippen LogP contribution is 2.28. The number of carbonyl (C=O) groups excluding carboxylic acids is 2. The number of aryl methyl sites for hydroxylation is 1. The molecular formula is C39H47N5O3. The first-order chi connectivity index (χ1) is 22.1. The largest absolute Gasteiger partial charge is 0.336 e. The second-order valence-electron chi connectivity index (χ2n) is 14.6. The van der Waals surface area contributed by atoms with Crippen molar-refractivity contribution >= 4 is 17.5 Å². The van der Waals surface area contributed by atoms with E-state index in [1.807, 2.05) is 78.6 Å². The molecule has 8 heteroatoms. The zero-order valence-corrected chi connectivity index (χ0v) is 29.0. The van der Waals surface area contributed by atoms with E-state index in [2.05, 4.69) is 51.8 Å². The van der Waals surface area contributed by atoms with Gasteiger partial charge in [0.2, 0.25) is 0 Å². The summed E-state index contributed by atoms with van der Waals surface area (Å²) in [6, 6.07) is 20.9. The van der Waals surface area contributed by atoms with Crippen molar-refractivity contribution in [3.63, 3.8) is 0 Å². The van der Waals surface area contributed by atoms with Gasteiger partial charge in [-0.2, -0.15) is 0 Å². The molecule has 1 N–H and O–H groups in total. The Kier molecular flexibility index (Phi) is 9.55. The molecule has 47 heavy (non-hydrogen) atoms. The van der Waals surface area contributed by atoms with E-state index in [1.165, 1.54) is 5.56 Å². The SMILES string of the molecule is Cc1c(NC(=O)c2ccc(C(C)(C)C)cc2)cccc1-c1cn(C)c(=O)c(Cc2ccc(C(=O)N3CCN(C(C)(C)C)CC3)cc2)n1. The fourth-order valence-corrected chi connectivity index (χ4v) is 6.00. The molecule has 0 spiro atoms. The maximum atomic E-state index is 13.2. The lowest BCUT2D eigenvalue weighted by Crippen LogP contribution is -2.54. The molecule has 246 valence electrons. The van der Waals surface area contributed by atoms with Gasteiger partial charge in [-0.05, 0) is 80.1 Å². The fourth-order valence-electron chi connectivity index (χ4n) is 6.00. The van der Waals surface area contributed by atoms with Gasteiger partial charge in [-0.3, -0.25) is 19.3 Å². The van der Waals surface area contributed by atoms with E-state index in [-0.39, 0.29) is 28.3 Å². The van der Waals surface area contributed by atoms with Crippen LogP contribution >= 0.6 is 0 Å². The van der Waals surface area contributed by atoms with Gasteiger partial charge in [0.15, 0.2) is 0 Å². The molecule has 1 fully saturated rings. The summed E-state index contributed by atoms with van der Waals surface area (Å²) in [5.74, 6) is -0.153. The van der Waals surface area contributed by atoms with Crippen molar-refractivity contribution < 1.29 is 9.59 Å². The summed E-state index contributed by atoms with van der Waals surface area (Å²) in [5, 5.41) is 3.05. The third-order valence-electron chi connectivity index (χ3n) is 9.10. The Morgan fingerprint density at radius 2 is 1.45 bits per heavy atom. The van der Waals surface area contributed by atoms with Crippen LogP contribution in [0.5, 0.6) is 0 Å². The van der Waals surface area contributed by atoms with Crippen LogP contribution in [-0.4, -0.2) is 62.9 Å². The molecule has 0 bridgehead atoms. The van der Waals surface area contributed by atoms with Crippen molar-refractivity contribution in [2.75, 3.05) is 31.5 Å². The van der Waals surface area contributed by atoms with Crippen molar-refractivity contribution in [3.05, 3.63) is 117 Å². The highest BCUT2D eigenvalue weighted by molar-refractivity contribution is 6.05. The number of piperazine rings is 1. The summed E-state index contributed by atoms with van der Waals surface area (Å²) in [7, 11) is 1.72. The van der Waals surface area contributed by atoms with Gasteiger partial charge in [-0.1, -0.05) is 57.2 Å². The maximum Gasteiger partial charge on any atom is 0.272 e. The lowest BCUT2D eigenvalue weighted by atomic mass is 9.86. The molecule has 1 aliphatic heterocycles. The molecule has 1 saturated heterocycles. The molecular weight excluding hydrogens is 586 g/mol. The van der Waals surface area contributed by atoms with Gasteiger partial charge in [-0.15, -0.1) is 0 Å². The molecule has 2 amide bonds. The van der Waals surface area contributed by atoms with Crippen LogP contribution in [0.4, 0.5) is 5.69 Å². The number of nitrogens with one attached hydrogen (secondary N) is 1. The molecule has 8 nitrogen and oxygen atoms in total. The number of rotatable bonds is 6. The Morgan fingerprint density at radius 3 is 2.04 bits per heavy atom. The van der Waals surface area contributed by atoms with Gasteiger partial charge in [0, 0.05) is 73.8 Å². The third-order valence-corrected chi connectivity index (χ3v) is 9.10. The number of hydrogen-bond donors (Lipinski definition) is 1. The quantitative estimate of drug-likeness (QED) is 0.264. The van der Waals surface area contributed by atoms with Crippen molar-refractivity contribution in [2.45, 2.75) is 65.8 Å². The van der Waals surface area contributed by atoms with Crippen LogP contribution in [0.3, 0.4) is 0 Å². The number of benzene rings is 3. The number of carbonyl (C=O) groups is 2. The monoisotopic (exact) mass is 633 g/mol. The van der Waals surface area contributed by atoms with Gasteiger partial charge in [0.05, 0.1) is 5.69 Å². The molecule has 0 unspecified atom stereocenters. The summed E-state index contributed by atoms with van der Waals surface area (Å²) in [6.07, 6.45) is 2.06. The topological polar surface area (TPSA) is 87.5 Å². The third kappa shape index (κ3) is 7.71. The van der Waals surface area contributed by atoms with Crippen LogP contribution in [0.2, 0.25) is 0 Å². The molecule has 0 saturated carbocycles. The summed E-state index contributed by atoms with van der Waals surface area (Å²) in [4.78, 5) is 48.6. The molecule has 1 aromatic heterocycles. The predicted octanol–water partition coefficient (Wildman–Crippen LogP) is 6.45. The lowest BCUT2D eigenvalue weighted by Gasteiger charge is -2.42. The molecule has 0 aliphatic carbocycles. The van der Waals surface area contributed by atoms with E-state index < -0.39 is 0 Å². The summed E-state index contributed by atoms with van der Waals surface area (Å²) in [6.45, 7) is 18.1. The molecule has 1 aliphatic rings. The van der Waals surface area contributed by atoms with Gasteiger partial charge in [0.1, 0.15) is 5.69 Å². The molecule has 0 atom stereocenters. The first-order valence-electron chi connectivity index (χ1n) is 16.3. The molecule has 4 aromatic rings. The Balaban J connectivity index is 1.31. The number of amides is 2. The van der Waals surface area contributed by atoms with Crippen molar-refractivity contribution in [1.29, 1.82) is 0 Å². The van der Waals surface area contributed by atoms with Crippen LogP contribution in [0.15, 0.2) is 77.7 Å². The number of aromatic nitrogens is 2. The smallest absolute Gasteiger partial charge is 0.272 e. The van der Waals surface area contributed by atoms with E-state index in [1.54, 1.807) is 17.8 Å². The Hall–Kier alpha value is -4.56. The second-order valence-corrected chi connectivity index (χ2v) is 14.6. The van der Waals surface area contributed by atoms with E-state index in [0.29, 0.717) is 47.7 Å². The van der Waals surface area contributed by atoms with Crippen LogP contribution < -0.4 is 10.9 Å². The van der Waals surface area contributed by atoms with Crippen LogP contribution in [0.25, 0.3) is 11.3 Å². The van der Waals surface area contributed by atoms with E-state index in [0.717, 1.165) is 29.8 Å². The minimum atomic E-state index is -0.186. The zero-order chi connectivity index (χ0) is 34.1. The normalized spacial score (nSPS) is 14.3. The zero-order valence-electron chi connectivity index (χ0n) is 29.0. The first kappa shape index (κ1) is 33.8. The van der Waals surface area contributed by atoms with Crippen LogP contribution in [-0.2, 0) is 18.9 Å². The highest BCUT2D eigenvalue weighted by Gasteiger charge is 2.28. The van der Waals surface area contributed by atoms with E-state index in [9.17, 15) is 14.4 Å². The fraction of sp³-hybridized carbons (Fsp3) is 0.385. The van der Waals surface area contributed by atoms with Crippen LogP contribution in [0.1, 0.15) is 84.6 Å². The molecule has 2 heterocycles. The van der Waals surface area contributed by atoms with Crippen molar-refractivity contribution in [2.24, 2.45) is 7.05 Å². The van der Waals surface area contributed by atoms with Crippen molar-refractivity contribution in [1.82, 2.24) is 19.4 Å². The van der Waals surface area contributed by atoms with Gasteiger partial charge in [-0.25, -0.2) is 4.98 Å². The number of nitrogens with zero attached hydrogens (tertiary/aromatic N) is 4. The van der Waals surface area contributed by atoms with E-state index >= 15 is 0 Å². The van der Waals surface area contributed by atoms with Gasteiger partial charge < -0.3 is 14.8 Å². The average molecular weight is 634 g/mol. The molecule has 0 radical (unpaired) electrons. The Morgan fingerprint density at radius 1 is 0.830 bits per heavy atom. The lowest BCUT2D eigenvalue weighted by molar-refractivity contribution is 0.0451. The second kappa shape index (κ2) is 13.3. The highest BCUT2D eigenvalue weighted by atomic mass is 16.2. The summed E-state index contributed by atoms with van der Waals surface area (Å²) >= 11 is 0. The molecule has 3 aromatic carbocycles. The Bertz CT molecular complexity index is 1820. The minimum Gasteiger partial charge on any atom is -0.336 e. The molecule has 5 rings (SSSR count). The first-order valence-corrected chi connectivity index (χ1v) is 16.3. The summed E-state index contributed by atoms with van der Waals surface area (Å²) < 4.78 is 1.55. The Labute approximate surface area is 278 Å². The van der Waals surface area contributed by atoms with Crippen molar-refractivity contribution in [3.8, 4) is 11.3 Å². The predicted molar refractivity (Wildman–Crippen MR) is 189 cm³/mol. The minimum absolute atomic E-state index is 0.00627. The van der Waals surface area contributed by atoms with E-state index in [4.69, 9.17) is 4.98 Å². The maximum absolute atomic E-state index is 13.2. The number of hydrogen-bond acceptors (Lipinski definition) is 5. The average Bonchev–Trinajstić information content (AvgIpc) is 3.03. The number of anilines is 1. The van der Waals surface area contributed by atoms with Crippen LogP contribution in [0, 0.1) is 6.92 Å². The van der Waals surface area contributed by atoms with Gasteiger partial charge in [0.25, 0.3) is 17.4 Å². The van der Waals surface area contributed by atoms with Gasteiger partial charge >= 0.3 is 0 Å². The summed E-state index contributed by atoms with van der Waals surface area (Å²) in [5.41, 5.74) is 6.65.